The first-order valence-electron chi connectivity index (χ1n) is 36.6. The van der Waals surface area contributed by atoms with Gasteiger partial charge in [-0.25, -0.2) is 0 Å². The highest BCUT2D eigenvalue weighted by molar-refractivity contribution is 7.00. The summed E-state index contributed by atoms with van der Waals surface area (Å²) in [4.78, 5) is 5.45. The fraction of sp³-hybridized carbons (Fsp3) is 0.122. The molecule has 2 aliphatic heterocycles. The van der Waals surface area contributed by atoms with Gasteiger partial charge in [-0.1, -0.05) is 305 Å². The maximum absolute atomic E-state index is 2.73. The van der Waals surface area contributed by atoms with Gasteiger partial charge in [-0.05, 0) is 165 Å². The molecule has 0 aliphatic carbocycles. The molecule has 0 saturated carbocycles. The Hall–Kier alpha value is -11.9. The average Bonchev–Trinajstić information content (AvgIpc) is 1.66. The average molecular weight is 1320 g/mol. The summed E-state index contributed by atoms with van der Waals surface area (Å²) in [5.74, 6) is 0. The maximum Gasteiger partial charge on any atom is 0.252 e. The zero-order valence-corrected chi connectivity index (χ0v) is 59.7. The van der Waals surface area contributed by atoms with Crippen molar-refractivity contribution in [1.82, 2.24) is 9.13 Å². The van der Waals surface area contributed by atoms with E-state index in [1.54, 1.807) is 0 Å². The van der Waals surface area contributed by atoms with E-state index in [2.05, 4.69) is 385 Å². The van der Waals surface area contributed by atoms with Crippen LogP contribution in [0.3, 0.4) is 0 Å². The lowest BCUT2D eigenvalue weighted by molar-refractivity contribution is 0.590. The van der Waals surface area contributed by atoms with Crippen LogP contribution in [-0.2, 0) is 16.2 Å². The molecule has 0 radical (unpaired) electrons. The Morgan fingerprint density at radius 1 is 0.252 bits per heavy atom. The molecule has 16 aromatic carbocycles. The lowest BCUT2D eigenvalue weighted by Crippen LogP contribution is -2.61. The molecule has 20 rings (SSSR count). The summed E-state index contributed by atoms with van der Waals surface area (Å²) in [6, 6.07) is 116. The molecule has 0 atom stereocenters. The summed E-state index contributed by atoms with van der Waals surface area (Å²) >= 11 is 0. The third kappa shape index (κ3) is 9.17. The largest absolute Gasteiger partial charge is 0.310 e. The quantitative estimate of drug-likeness (QED) is 0.0856. The van der Waals surface area contributed by atoms with Crippen LogP contribution in [-0.4, -0.2) is 15.8 Å². The van der Waals surface area contributed by atoms with E-state index in [1.807, 2.05) is 0 Å². The van der Waals surface area contributed by atoms with Crippen LogP contribution in [0.25, 0.3) is 132 Å². The molecule has 0 amide bonds. The molecule has 492 valence electrons. The Bertz CT molecular complexity index is 6180. The molecule has 103 heavy (non-hydrogen) atoms. The molecule has 18 aromatic rings. The van der Waals surface area contributed by atoms with Crippen molar-refractivity contribution in [3.8, 4) is 55.9 Å². The van der Waals surface area contributed by atoms with Gasteiger partial charge in [-0.15, -0.1) is 0 Å². The van der Waals surface area contributed by atoms with Gasteiger partial charge in [-0.2, -0.15) is 0 Å². The van der Waals surface area contributed by atoms with E-state index in [0.717, 1.165) is 90.0 Å². The predicted octanol–water partition coefficient (Wildman–Crippen LogP) is 24.9. The molecule has 5 heteroatoms. The minimum atomic E-state index is -0.320. The topological polar surface area (TPSA) is 16.3 Å². The normalized spacial score (nSPS) is 13.2. The van der Waals surface area contributed by atoms with Gasteiger partial charge in [0.2, 0.25) is 0 Å². The highest BCUT2D eigenvalue weighted by Gasteiger charge is 2.46. The Kier molecular flexibility index (Phi) is 13.2. The first kappa shape index (κ1) is 61.0. The number of rotatable bonds is 8. The minimum absolute atomic E-state index is 0.0359. The molecule has 0 spiro atoms. The molecular weight excluding hydrogens is 1240 g/mol. The van der Waals surface area contributed by atoms with Crippen LogP contribution in [0.4, 0.5) is 34.1 Å². The summed E-state index contributed by atoms with van der Waals surface area (Å²) in [5, 5.41) is 12.9. The van der Waals surface area contributed by atoms with Crippen LogP contribution in [0.5, 0.6) is 0 Å². The summed E-state index contributed by atoms with van der Waals surface area (Å²) in [7, 11) is 0. The molecule has 0 bridgehead atoms. The van der Waals surface area contributed by atoms with Gasteiger partial charge in [0, 0.05) is 77.9 Å². The van der Waals surface area contributed by atoms with Crippen molar-refractivity contribution >= 4 is 133 Å². The van der Waals surface area contributed by atoms with Gasteiger partial charge in [-0.3, -0.25) is 0 Å². The fourth-order valence-corrected chi connectivity index (χ4v) is 17.9. The number of para-hydroxylation sites is 4. The smallest absolute Gasteiger partial charge is 0.252 e. The van der Waals surface area contributed by atoms with E-state index in [4.69, 9.17) is 0 Å². The van der Waals surface area contributed by atoms with Crippen molar-refractivity contribution in [2.75, 3.05) is 9.80 Å². The van der Waals surface area contributed by atoms with E-state index in [1.165, 1.54) is 109 Å². The van der Waals surface area contributed by atoms with Crippen molar-refractivity contribution < 1.29 is 0 Å². The number of anilines is 6. The molecule has 2 aliphatic rings. The molecule has 0 N–H and O–H groups in total. The third-order valence-corrected chi connectivity index (χ3v) is 22.9. The zero-order valence-electron chi connectivity index (χ0n) is 59.7. The molecule has 0 fully saturated rings. The Balaban J connectivity index is 0.947. The van der Waals surface area contributed by atoms with Crippen LogP contribution < -0.4 is 26.2 Å². The lowest BCUT2D eigenvalue weighted by Gasteiger charge is -2.46. The first-order chi connectivity index (χ1) is 50.0. The van der Waals surface area contributed by atoms with Crippen LogP contribution in [0, 0.1) is 0 Å². The second-order valence-electron chi connectivity index (χ2n) is 32.0. The fourth-order valence-electron chi connectivity index (χ4n) is 17.9. The van der Waals surface area contributed by atoms with Crippen molar-refractivity contribution in [3.63, 3.8) is 0 Å². The minimum Gasteiger partial charge on any atom is -0.310 e. The standard InChI is InChI=1S/C98H77BN4/c1-96(2,3)66-46-40-62(41-47-66)73-34-23-35-74(63-42-48-67(49-43-63)97(4,5)6)95(73)103-85-58-69(100-81-38-18-16-30-75(81)76-31-17-19-39-82(76)100)50-52-79(85)99-80-53-51-70(101-83-54-44-64-28-20-36-77-78-37-21-29-65-45-55-84(101)92(90(65)78)91(83)89(64)77)59-86(80)102(87-56-68(98(7,8)9)57-88(103)93(87)99)94-71(60-24-12-10-13-25-60)32-22-33-72(94)61-26-14-11-15-27-61/h10-59H,1-9H3. The second-order valence-corrected chi connectivity index (χ2v) is 32.0. The van der Waals surface area contributed by atoms with Gasteiger partial charge in [0.25, 0.3) is 6.71 Å². The number of hydrogen-bond acceptors (Lipinski definition) is 2. The molecular formula is C98H77BN4. The number of benzene rings is 16. The lowest BCUT2D eigenvalue weighted by atomic mass is 9.33. The van der Waals surface area contributed by atoms with Crippen LogP contribution >= 0.6 is 0 Å². The van der Waals surface area contributed by atoms with Crippen LogP contribution in [0.1, 0.15) is 79.0 Å². The first-order valence-corrected chi connectivity index (χ1v) is 36.6. The molecule has 4 heterocycles. The highest BCUT2D eigenvalue weighted by Crippen LogP contribution is 2.56. The highest BCUT2D eigenvalue weighted by atomic mass is 15.2. The third-order valence-electron chi connectivity index (χ3n) is 22.9. The summed E-state index contributed by atoms with van der Waals surface area (Å²) in [5.41, 5.74) is 30.3. The van der Waals surface area contributed by atoms with Gasteiger partial charge < -0.3 is 18.9 Å². The zero-order chi connectivity index (χ0) is 69.5. The molecule has 2 aromatic heterocycles. The summed E-state index contributed by atoms with van der Waals surface area (Å²) in [6.07, 6.45) is 0. The van der Waals surface area contributed by atoms with E-state index >= 15 is 0 Å². The number of fused-ring (bicyclic) bond motifs is 8. The van der Waals surface area contributed by atoms with Crippen molar-refractivity contribution in [2.24, 2.45) is 0 Å². The number of hydrogen-bond donors (Lipinski definition) is 0. The Labute approximate surface area is 602 Å². The molecule has 4 nitrogen and oxygen atoms in total. The van der Waals surface area contributed by atoms with E-state index in [-0.39, 0.29) is 23.0 Å². The Morgan fingerprint density at radius 3 is 1.02 bits per heavy atom. The monoisotopic (exact) mass is 1320 g/mol. The SMILES string of the molecule is CC(C)(C)c1ccc(-c2cccc(-c3ccc(C(C)(C)C)cc3)c2N2c3cc(-n4c5ccccc5c5ccccc54)ccc3B3c4ccc(-n5c6ccc7cccc8c9cccc%10ccc5c(c%109)c6c78)cc4N(c4c(-c5ccccc5)cccc4-c4ccccc4)c4cc(C(C)(C)C)cc2c43)cc1. The van der Waals surface area contributed by atoms with Gasteiger partial charge in [0.15, 0.2) is 0 Å². The predicted molar refractivity (Wildman–Crippen MR) is 442 cm³/mol. The van der Waals surface area contributed by atoms with E-state index < -0.39 is 0 Å². The van der Waals surface area contributed by atoms with E-state index in [9.17, 15) is 0 Å². The number of nitrogens with zero attached hydrogens (tertiary/aromatic N) is 4. The summed E-state index contributed by atoms with van der Waals surface area (Å²) in [6.45, 7) is 20.9. The van der Waals surface area contributed by atoms with Crippen LogP contribution in [0.15, 0.2) is 303 Å². The summed E-state index contributed by atoms with van der Waals surface area (Å²) < 4.78 is 5.10. The van der Waals surface area contributed by atoms with E-state index in [0.29, 0.717) is 0 Å². The van der Waals surface area contributed by atoms with Crippen molar-refractivity contribution in [3.05, 3.63) is 320 Å². The second kappa shape index (κ2) is 22.3. The van der Waals surface area contributed by atoms with Gasteiger partial charge in [0.05, 0.1) is 33.4 Å². The Morgan fingerprint density at radius 2 is 0.612 bits per heavy atom. The van der Waals surface area contributed by atoms with Gasteiger partial charge in [0.1, 0.15) is 0 Å². The molecule has 0 saturated heterocycles. The van der Waals surface area contributed by atoms with Crippen molar-refractivity contribution in [1.29, 1.82) is 0 Å². The maximum atomic E-state index is 2.73. The van der Waals surface area contributed by atoms with Crippen LogP contribution in [0.2, 0.25) is 0 Å². The van der Waals surface area contributed by atoms with Crippen molar-refractivity contribution in [2.45, 2.75) is 78.6 Å². The van der Waals surface area contributed by atoms with Gasteiger partial charge >= 0.3 is 0 Å². The molecule has 0 unspecified atom stereocenters. The number of aromatic nitrogens is 2.